The van der Waals surface area contributed by atoms with Crippen LogP contribution in [0.25, 0.3) is 20.8 Å². The van der Waals surface area contributed by atoms with Crippen molar-refractivity contribution in [2.45, 2.75) is 0 Å². The molecule has 30 heavy (non-hydrogen) atoms. The third kappa shape index (κ3) is 3.79. The molecule has 5 rings (SSSR count). The van der Waals surface area contributed by atoms with Crippen LogP contribution >= 0.6 is 34.5 Å². The van der Waals surface area contributed by atoms with Gasteiger partial charge in [-0.2, -0.15) is 0 Å². The highest BCUT2D eigenvalue weighted by molar-refractivity contribution is 7.22. The number of aromatic nitrogens is 4. The molecule has 4 aromatic rings. The fourth-order valence-corrected chi connectivity index (χ4v) is 5.02. The van der Waals surface area contributed by atoms with E-state index < -0.39 is 0 Å². The first kappa shape index (κ1) is 19.4. The first-order valence-corrected chi connectivity index (χ1v) is 10.9. The lowest BCUT2D eigenvalue weighted by Crippen LogP contribution is -2.36. The molecule has 0 atom stereocenters. The normalized spacial score (nSPS) is 14.3. The van der Waals surface area contributed by atoms with Gasteiger partial charge < -0.3 is 15.0 Å². The van der Waals surface area contributed by atoms with Gasteiger partial charge in [0.05, 0.1) is 33.5 Å². The lowest BCUT2D eigenvalue weighted by atomic mass is 10.2. The number of pyridine rings is 1. The average molecular weight is 459 g/mol. The second-order valence-electron chi connectivity index (χ2n) is 6.61. The molecule has 3 aromatic heterocycles. The number of nitrogens with one attached hydrogen (secondary N) is 1. The van der Waals surface area contributed by atoms with E-state index in [2.05, 4.69) is 25.2 Å². The van der Waals surface area contributed by atoms with Crippen LogP contribution in [0.5, 0.6) is 0 Å². The van der Waals surface area contributed by atoms with Crippen LogP contribution in [0.2, 0.25) is 10.0 Å². The number of nitrogens with zero attached hydrogens (tertiary/aromatic N) is 5. The van der Waals surface area contributed by atoms with Gasteiger partial charge >= 0.3 is 0 Å². The molecule has 1 N–H and O–H groups in total. The fraction of sp³-hybridized carbons (Fsp3) is 0.200. The van der Waals surface area contributed by atoms with Gasteiger partial charge in [0.1, 0.15) is 23.0 Å². The molecule has 0 radical (unpaired) electrons. The Morgan fingerprint density at radius 2 is 1.83 bits per heavy atom. The summed E-state index contributed by atoms with van der Waals surface area (Å²) in [5, 5.41) is 5.18. The molecular weight excluding hydrogens is 443 g/mol. The summed E-state index contributed by atoms with van der Waals surface area (Å²) in [6, 6.07) is 9.21. The molecule has 4 heterocycles. The van der Waals surface area contributed by atoms with Gasteiger partial charge in [-0.3, -0.25) is 0 Å². The summed E-state index contributed by atoms with van der Waals surface area (Å²) in [7, 11) is 0. The molecule has 10 heteroatoms. The van der Waals surface area contributed by atoms with Crippen LogP contribution in [-0.2, 0) is 4.74 Å². The number of hydrogen-bond acceptors (Lipinski definition) is 8. The molecule has 1 fully saturated rings. The van der Waals surface area contributed by atoms with Crippen LogP contribution in [0.3, 0.4) is 0 Å². The van der Waals surface area contributed by atoms with Crippen LogP contribution in [0.4, 0.5) is 17.5 Å². The summed E-state index contributed by atoms with van der Waals surface area (Å²) in [5.41, 5.74) is 1.54. The van der Waals surface area contributed by atoms with Gasteiger partial charge in [0.15, 0.2) is 5.82 Å². The largest absolute Gasteiger partial charge is 0.378 e. The Morgan fingerprint density at radius 3 is 2.63 bits per heavy atom. The van der Waals surface area contributed by atoms with Crippen molar-refractivity contribution in [3.63, 3.8) is 0 Å². The molecule has 0 aliphatic carbocycles. The second kappa shape index (κ2) is 8.31. The van der Waals surface area contributed by atoms with Gasteiger partial charge in [-0.25, -0.2) is 19.9 Å². The zero-order valence-corrected chi connectivity index (χ0v) is 18.0. The fourth-order valence-electron chi connectivity index (χ4n) is 3.26. The predicted octanol–water partition coefficient (Wildman–Crippen LogP) is 5.04. The number of hydrogen-bond donors (Lipinski definition) is 1. The number of fused-ring (bicyclic) bond motifs is 1. The molecule has 1 aliphatic heterocycles. The maximum absolute atomic E-state index is 6.37. The van der Waals surface area contributed by atoms with Gasteiger partial charge in [-0.05, 0) is 18.2 Å². The quantitative estimate of drug-likeness (QED) is 0.459. The van der Waals surface area contributed by atoms with Gasteiger partial charge in [0, 0.05) is 30.9 Å². The lowest BCUT2D eigenvalue weighted by molar-refractivity contribution is 0.122. The van der Waals surface area contributed by atoms with Crippen molar-refractivity contribution in [2.24, 2.45) is 0 Å². The maximum atomic E-state index is 6.37. The van der Waals surface area contributed by atoms with Crippen LogP contribution in [0.1, 0.15) is 0 Å². The van der Waals surface area contributed by atoms with Crippen molar-refractivity contribution in [3.05, 3.63) is 52.9 Å². The van der Waals surface area contributed by atoms with Gasteiger partial charge in [0.25, 0.3) is 0 Å². The van der Waals surface area contributed by atoms with E-state index in [9.17, 15) is 0 Å². The third-order valence-electron chi connectivity index (χ3n) is 4.72. The van der Waals surface area contributed by atoms with Crippen molar-refractivity contribution in [1.82, 2.24) is 19.9 Å². The number of anilines is 3. The Hall–Kier alpha value is -2.52. The van der Waals surface area contributed by atoms with E-state index in [4.69, 9.17) is 32.9 Å². The summed E-state index contributed by atoms with van der Waals surface area (Å²) in [6.45, 7) is 3.01. The first-order chi connectivity index (χ1) is 14.7. The molecule has 0 unspecified atom stereocenters. The van der Waals surface area contributed by atoms with Crippen LogP contribution in [0.15, 0.2) is 42.9 Å². The van der Waals surface area contributed by atoms with Crippen molar-refractivity contribution < 1.29 is 4.74 Å². The molecule has 1 aromatic carbocycles. The number of ether oxygens (including phenoxy) is 1. The molecule has 0 spiro atoms. The van der Waals surface area contributed by atoms with E-state index in [1.807, 2.05) is 18.2 Å². The number of halogens is 2. The second-order valence-corrected chi connectivity index (χ2v) is 8.42. The Kier molecular flexibility index (Phi) is 5.39. The summed E-state index contributed by atoms with van der Waals surface area (Å²) in [4.78, 5) is 20.1. The molecule has 0 saturated carbocycles. The molecular formula is C20H16Cl2N6OS. The van der Waals surface area contributed by atoms with Crippen LogP contribution < -0.4 is 10.2 Å². The molecule has 1 saturated heterocycles. The zero-order chi connectivity index (χ0) is 20.5. The Balaban J connectivity index is 1.49. The Labute approximate surface area is 186 Å². The van der Waals surface area contributed by atoms with Crippen molar-refractivity contribution >= 4 is 62.2 Å². The number of morpholine rings is 1. The van der Waals surface area contributed by atoms with E-state index in [1.54, 1.807) is 24.7 Å². The third-order valence-corrected chi connectivity index (χ3v) is 6.44. The monoisotopic (exact) mass is 458 g/mol. The number of thiazole rings is 1. The van der Waals surface area contributed by atoms with Crippen molar-refractivity contribution in [2.75, 3.05) is 36.5 Å². The molecule has 152 valence electrons. The highest BCUT2D eigenvalue weighted by atomic mass is 35.5. The standard InChI is InChI=1S/C20H16Cl2N6OS/c21-12-2-1-3-13(22)17(12)20-26-14-4-5-23-19(18(14)30-20)27-15-10-16(25-11-24-15)28-6-8-29-9-7-28/h1-5,10-11H,6-9H2,(H,23,24,25,27). The minimum atomic E-state index is 0.565. The highest BCUT2D eigenvalue weighted by Crippen LogP contribution is 2.40. The van der Waals surface area contributed by atoms with Gasteiger partial charge in [0.2, 0.25) is 0 Å². The molecule has 0 amide bonds. The molecule has 1 aliphatic rings. The summed E-state index contributed by atoms with van der Waals surface area (Å²) in [5.74, 6) is 2.19. The van der Waals surface area contributed by atoms with Crippen molar-refractivity contribution in [1.29, 1.82) is 0 Å². The molecule has 7 nitrogen and oxygen atoms in total. The van der Waals surface area contributed by atoms with E-state index in [0.717, 1.165) is 39.7 Å². The lowest BCUT2D eigenvalue weighted by Gasteiger charge is -2.27. The molecule has 0 bridgehead atoms. The van der Waals surface area contributed by atoms with Gasteiger partial charge in [-0.1, -0.05) is 29.3 Å². The van der Waals surface area contributed by atoms with Gasteiger partial charge in [-0.15, -0.1) is 11.3 Å². The van der Waals surface area contributed by atoms with E-state index in [-0.39, 0.29) is 0 Å². The average Bonchev–Trinajstić information content (AvgIpc) is 3.19. The van der Waals surface area contributed by atoms with Crippen molar-refractivity contribution in [3.8, 4) is 10.6 Å². The smallest absolute Gasteiger partial charge is 0.151 e. The van der Waals surface area contributed by atoms with Crippen LogP contribution in [-0.4, -0.2) is 46.2 Å². The van der Waals surface area contributed by atoms with E-state index >= 15 is 0 Å². The zero-order valence-electron chi connectivity index (χ0n) is 15.7. The number of rotatable bonds is 4. The minimum Gasteiger partial charge on any atom is -0.378 e. The van der Waals surface area contributed by atoms with E-state index in [0.29, 0.717) is 34.9 Å². The SMILES string of the molecule is Clc1cccc(Cl)c1-c1nc2ccnc(Nc3cc(N4CCOCC4)ncn3)c2s1. The van der Waals surface area contributed by atoms with Crippen LogP contribution in [0, 0.1) is 0 Å². The predicted molar refractivity (Wildman–Crippen MR) is 121 cm³/mol. The summed E-state index contributed by atoms with van der Waals surface area (Å²) < 4.78 is 6.31. The number of benzene rings is 1. The minimum absolute atomic E-state index is 0.565. The Bertz CT molecular complexity index is 1190. The summed E-state index contributed by atoms with van der Waals surface area (Å²) >= 11 is 14.2. The Morgan fingerprint density at radius 1 is 1.03 bits per heavy atom. The van der Waals surface area contributed by atoms with E-state index in [1.165, 1.54) is 11.3 Å². The summed E-state index contributed by atoms with van der Waals surface area (Å²) in [6.07, 6.45) is 3.27. The first-order valence-electron chi connectivity index (χ1n) is 9.31. The highest BCUT2D eigenvalue weighted by Gasteiger charge is 2.17. The topological polar surface area (TPSA) is 76.1 Å². The maximum Gasteiger partial charge on any atom is 0.151 e.